The van der Waals surface area contributed by atoms with E-state index >= 15 is 0 Å². The highest BCUT2D eigenvalue weighted by atomic mass is 15.2. The highest BCUT2D eigenvalue weighted by Gasteiger charge is 2.06. The standard InChI is InChI=1S/C13H16N4/c1-3-12-11(4-5-13(16-12)17-14)10-6-7-15-9(2)8-10/h4-8H,3,14H2,1-2H3,(H,16,17). The Morgan fingerprint density at radius 1 is 1.29 bits per heavy atom. The molecule has 3 N–H and O–H groups in total. The van der Waals surface area contributed by atoms with Crippen LogP contribution in [-0.4, -0.2) is 9.97 Å². The van der Waals surface area contributed by atoms with Crippen molar-refractivity contribution in [3.8, 4) is 11.1 Å². The van der Waals surface area contributed by atoms with Crippen LogP contribution in [0.15, 0.2) is 30.5 Å². The summed E-state index contributed by atoms with van der Waals surface area (Å²) in [6.45, 7) is 4.07. The van der Waals surface area contributed by atoms with Crippen LogP contribution in [0.4, 0.5) is 5.82 Å². The van der Waals surface area contributed by atoms with E-state index in [0.717, 1.165) is 28.9 Å². The number of rotatable bonds is 3. The molecule has 2 heterocycles. The van der Waals surface area contributed by atoms with Gasteiger partial charge < -0.3 is 5.43 Å². The average molecular weight is 228 g/mol. The Kier molecular flexibility index (Phi) is 3.35. The van der Waals surface area contributed by atoms with Gasteiger partial charge in [-0.1, -0.05) is 6.92 Å². The van der Waals surface area contributed by atoms with E-state index in [4.69, 9.17) is 5.84 Å². The van der Waals surface area contributed by atoms with Crippen molar-refractivity contribution in [2.24, 2.45) is 5.84 Å². The van der Waals surface area contributed by atoms with Crippen molar-refractivity contribution < 1.29 is 0 Å². The van der Waals surface area contributed by atoms with E-state index in [0.29, 0.717) is 5.82 Å². The molecule has 0 aliphatic rings. The van der Waals surface area contributed by atoms with Gasteiger partial charge in [-0.3, -0.25) is 4.98 Å². The third-order valence-electron chi connectivity index (χ3n) is 2.66. The van der Waals surface area contributed by atoms with Crippen LogP contribution in [0.25, 0.3) is 11.1 Å². The van der Waals surface area contributed by atoms with E-state index in [1.165, 1.54) is 0 Å². The second kappa shape index (κ2) is 4.93. The molecule has 0 aliphatic carbocycles. The number of aromatic nitrogens is 2. The van der Waals surface area contributed by atoms with Gasteiger partial charge in [0, 0.05) is 17.5 Å². The number of pyridine rings is 2. The largest absolute Gasteiger partial charge is 0.308 e. The number of hydrazine groups is 1. The summed E-state index contributed by atoms with van der Waals surface area (Å²) in [5, 5.41) is 0. The SMILES string of the molecule is CCc1nc(NN)ccc1-c1ccnc(C)c1. The first-order chi connectivity index (χ1) is 8.24. The molecular formula is C13H16N4. The molecule has 17 heavy (non-hydrogen) atoms. The maximum atomic E-state index is 5.36. The summed E-state index contributed by atoms with van der Waals surface area (Å²) >= 11 is 0. The molecule has 0 saturated heterocycles. The van der Waals surface area contributed by atoms with Gasteiger partial charge in [0.1, 0.15) is 5.82 Å². The van der Waals surface area contributed by atoms with E-state index in [-0.39, 0.29) is 0 Å². The summed E-state index contributed by atoms with van der Waals surface area (Å²) in [5.41, 5.74) is 6.89. The Morgan fingerprint density at radius 2 is 2.12 bits per heavy atom. The number of nitrogens with zero attached hydrogens (tertiary/aromatic N) is 2. The number of nitrogen functional groups attached to an aromatic ring is 1. The lowest BCUT2D eigenvalue weighted by atomic mass is 10.0. The first-order valence-electron chi connectivity index (χ1n) is 5.64. The maximum absolute atomic E-state index is 5.36. The first kappa shape index (κ1) is 11.5. The summed E-state index contributed by atoms with van der Waals surface area (Å²) in [5.74, 6) is 6.05. The van der Waals surface area contributed by atoms with Crippen molar-refractivity contribution in [3.05, 3.63) is 41.9 Å². The number of nitrogens with two attached hydrogens (primary N) is 1. The Labute approximate surface area is 101 Å². The van der Waals surface area contributed by atoms with E-state index in [1.54, 1.807) is 0 Å². The quantitative estimate of drug-likeness (QED) is 0.625. The molecule has 4 heteroatoms. The Hall–Kier alpha value is -1.94. The summed E-state index contributed by atoms with van der Waals surface area (Å²) in [7, 11) is 0. The molecule has 2 aromatic rings. The zero-order valence-electron chi connectivity index (χ0n) is 10.1. The van der Waals surface area contributed by atoms with E-state index < -0.39 is 0 Å². The topological polar surface area (TPSA) is 63.8 Å². The van der Waals surface area contributed by atoms with Crippen LogP contribution in [0.3, 0.4) is 0 Å². The van der Waals surface area contributed by atoms with Crippen LogP contribution in [0.5, 0.6) is 0 Å². The molecule has 0 bridgehead atoms. The molecule has 0 spiro atoms. The van der Waals surface area contributed by atoms with Crippen molar-refractivity contribution in [1.82, 2.24) is 9.97 Å². The second-order valence-corrected chi connectivity index (χ2v) is 3.87. The predicted molar refractivity (Wildman–Crippen MR) is 69.4 cm³/mol. The highest BCUT2D eigenvalue weighted by Crippen LogP contribution is 2.24. The fraction of sp³-hybridized carbons (Fsp3) is 0.231. The molecule has 2 rings (SSSR count). The third-order valence-corrected chi connectivity index (χ3v) is 2.66. The van der Waals surface area contributed by atoms with Gasteiger partial charge in [0.25, 0.3) is 0 Å². The number of anilines is 1. The summed E-state index contributed by atoms with van der Waals surface area (Å²) in [6, 6.07) is 7.98. The second-order valence-electron chi connectivity index (χ2n) is 3.87. The monoisotopic (exact) mass is 228 g/mol. The fourth-order valence-electron chi connectivity index (χ4n) is 1.83. The van der Waals surface area contributed by atoms with Gasteiger partial charge in [-0.25, -0.2) is 10.8 Å². The van der Waals surface area contributed by atoms with Gasteiger partial charge in [0.2, 0.25) is 0 Å². The lowest BCUT2D eigenvalue weighted by Gasteiger charge is -2.09. The van der Waals surface area contributed by atoms with Crippen LogP contribution < -0.4 is 11.3 Å². The van der Waals surface area contributed by atoms with Gasteiger partial charge >= 0.3 is 0 Å². The van der Waals surface area contributed by atoms with Crippen molar-refractivity contribution in [3.63, 3.8) is 0 Å². The van der Waals surface area contributed by atoms with Crippen LogP contribution in [-0.2, 0) is 6.42 Å². The number of hydrogen-bond donors (Lipinski definition) is 2. The van der Waals surface area contributed by atoms with E-state index in [9.17, 15) is 0 Å². The van der Waals surface area contributed by atoms with Gasteiger partial charge in [0.05, 0.1) is 5.69 Å². The zero-order chi connectivity index (χ0) is 12.3. The summed E-state index contributed by atoms with van der Waals surface area (Å²) in [4.78, 5) is 8.66. The molecule has 0 amide bonds. The van der Waals surface area contributed by atoms with E-state index in [1.807, 2.05) is 31.3 Å². The summed E-state index contributed by atoms with van der Waals surface area (Å²) in [6.07, 6.45) is 2.69. The average Bonchev–Trinajstić information content (AvgIpc) is 2.38. The lowest BCUT2D eigenvalue weighted by Crippen LogP contribution is -2.09. The molecule has 2 aromatic heterocycles. The minimum absolute atomic E-state index is 0.691. The van der Waals surface area contributed by atoms with Crippen LogP contribution in [0.2, 0.25) is 0 Å². The molecular weight excluding hydrogens is 212 g/mol. The van der Waals surface area contributed by atoms with Crippen molar-refractivity contribution in [2.45, 2.75) is 20.3 Å². The summed E-state index contributed by atoms with van der Waals surface area (Å²) < 4.78 is 0. The molecule has 0 radical (unpaired) electrons. The normalized spacial score (nSPS) is 10.3. The first-order valence-corrected chi connectivity index (χ1v) is 5.64. The number of hydrogen-bond acceptors (Lipinski definition) is 4. The lowest BCUT2D eigenvalue weighted by molar-refractivity contribution is 1.03. The van der Waals surface area contributed by atoms with Gasteiger partial charge in [-0.15, -0.1) is 0 Å². The molecule has 0 saturated carbocycles. The Balaban J connectivity index is 2.51. The molecule has 88 valence electrons. The molecule has 0 atom stereocenters. The van der Waals surface area contributed by atoms with Crippen LogP contribution in [0, 0.1) is 6.92 Å². The Bertz CT molecular complexity index is 523. The maximum Gasteiger partial charge on any atom is 0.140 e. The van der Waals surface area contributed by atoms with Crippen LogP contribution >= 0.6 is 0 Å². The molecule has 0 aromatic carbocycles. The van der Waals surface area contributed by atoms with Crippen molar-refractivity contribution in [1.29, 1.82) is 0 Å². The molecule has 0 fully saturated rings. The molecule has 0 aliphatic heterocycles. The minimum atomic E-state index is 0.691. The van der Waals surface area contributed by atoms with Crippen molar-refractivity contribution in [2.75, 3.05) is 5.43 Å². The molecule has 0 unspecified atom stereocenters. The molecule has 4 nitrogen and oxygen atoms in total. The smallest absolute Gasteiger partial charge is 0.140 e. The third kappa shape index (κ3) is 2.42. The Morgan fingerprint density at radius 3 is 2.76 bits per heavy atom. The van der Waals surface area contributed by atoms with E-state index in [2.05, 4.69) is 28.4 Å². The zero-order valence-corrected chi connectivity index (χ0v) is 10.1. The minimum Gasteiger partial charge on any atom is -0.308 e. The number of nitrogens with one attached hydrogen (secondary N) is 1. The predicted octanol–water partition coefficient (Wildman–Crippen LogP) is 2.30. The van der Waals surface area contributed by atoms with Crippen LogP contribution in [0.1, 0.15) is 18.3 Å². The van der Waals surface area contributed by atoms with Gasteiger partial charge in [0.15, 0.2) is 0 Å². The van der Waals surface area contributed by atoms with Crippen molar-refractivity contribution >= 4 is 5.82 Å². The highest BCUT2D eigenvalue weighted by molar-refractivity contribution is 5.67. The van der Waals surface area contributed by atoms with Gasteiger partial charge in [-0.2, -0.15) is 0 Å². The fourth-order valence-corrected chi connectivity index (χ4v) is 1.83. The van der Waals surface area contributed by atoms with Gasteiger partial charge in [-0.05, 0) is 43.2 Å². The number of aryl methyl sites for hydroxylation is 2.